The van der Waals surface area contributed by atoms with Crippen LogP contribution >= 0.6 is 0 Å². The quantitative estimate of drug-likeness (QED) is 0.377. The van der Waals surface area contributed by atoms with Crippen LogP contribution < -0.4 is 10.2 Å². The molecule has 3 aromatic carbocycles. The second-order valence-corrected chi connectivity index (χ2v) is 9.76. The van der Waals surface area contributed by atoms with Crippen molar-refractivity contribution >= 4 is 34.4 Å². The predicted octanol–water partition coefficient (Wildman–Crippen LogP) is 5.18. The van der Waals surface area contributed by atoms with E-state index in [2.05, 4.69) is 16.4 Å². The molecule has 1 saturated heterocycles. The lowest BCUT2D eigenvalue weighted by Gasteiger charge is -2.36. The molecule has 1 fully saturated rings. The number of amides is 4. The van der Waals surface area contributed by atoms with Gasteiger partial charge in [-0.1, -0.05) is 67.6 Å². The van der Waals surface area contributed by atoms with Crippen LogP contribution in [0.3, 0.4) is 0 Å². The molecule has 2 aliphatic rings. The molecule has 0 saturated carbocycles. The lowest BCUT2D eigenvalue weighted by molar-refractivity contribution is -0.120. The van der Waals surface area contributed by atoms with Gasteiger partial charge in [0.25, 0.3) is 11.8 Å². The number of anilines is 1. The minimum Gasteiger partial charge on any atom is -0.356 e. The van der Waals surface area contributed by atoms with E-state index in [0.717, 1.165) is 34.1 Å². The standard InChI is InChI=1S/C30H28N4O3/c1-3-18(2)31-28(35)21-14-8-10-16-24(21)34-29(36)25-17-22-20-13-7-9-15-23(20)32-26(22)27(33(25)30(34)37)19-11-5-4-6-12-19/h4-16,18,25,27,32H,3,17H2,1-2H3,(H,31,35). The molecular formula is C30H28N4O3. The Morgan fingerprint density at radius 2 is 1.70 bits per heavy atom. The lowest BCUT2D eigenvalue weighted by Crippen LogP contribution is -2.44. The third kappa shape index (κ3) is 3.61. The third-order valence-electron chi connectivity index (χ3n) is 7.54. The molecular weight excluding hydrogens is 464 g/mol. The number of carbonyl (C=O) groups excluding carboxylic acids is 3. The fourth-order valence-corrected chi connectivity index (χ4v) is 5.54. The van der Waals surface area contributed by atoms with Crippen molar-refractivity contribution in [1.82, 2.24) is 15.2 Å². The van der Waals surface area contributed by atoms with Crippen LogP contribution in [-0.2, 0) is 11.2 Å². The third-order valence-corrected chi connectivity index (χ3v) is 7.54. The summed E-state index contributed by atoms with van der Waals surface area (Å²) in [4.78, 5) is 47.6. The van der Waals surface area contributed by atoms with Crippen molar-refractivity contribution in [3.8, 4) is 0 Å². The molecule has 3 heterocycles. The molecule has 0 spiro atoms. The molecule has 6 rings (SSSR count). The molecule has 7 heteroatoms. The number of benzene rings is 3. The van der Waals surface area contributed by atoms with E-state index in [1.54, 1.807) is 29.2 Å². The number of fused-ring (bicyclic) bond motifs is 4. The molecule has 0 radical (unpaired) electrons. The van der Waals surface area contributed by atoms with E-state index in [4.69, 9.17) is 0 Å². The SMILES string of the molecule is CCC(C)NC(=O)c1ccccc1N1C(=O)C2Cc3c([nH]c4ccccc34)C(c3ccccc3)N2C1=O. The van der Waals surface area contributed by atoms with Gasteiger partial charge in [0.2, 0.25) is 0 Å². The normalized spacial score (nSPS) is 19.6. The van der Waals surface area contributed by atoms with Crippen molar-refractivity contribution in [2.45, 2.75) is 44.8 Å². The molecule has 37 heavy (non-hydrogen) atoms. The number of aromatic amines is 1. The minimum atomic E-state index is -0.671. The number of imide groups is 1. The Labute approximate surface area is 215 Å². The van der Waals surface area contributed by atoms with Crippen LogP contribution in [0.25, 0.3) is 10.9 Å². The number of hydrogen-bond acceptors (Lipinski definition) is 3. The zero-order valence-corrected chi connectivity index (χ0v) is 20.8. The molecule has 3 atom stereocenters. The van der Waals surface area contributed by atoms with Crippen molar-refractivity contribution < 1.29 is 14.4 Å². The van der Waals surface area contributed by atoms with Crippen LogP contribution in [0.4, 0.5) is 10.5 Å². The largest absolute Gasteiger partial charge is 0.356 e. The number of nitrogens with zero attached hydrogens (tertiary/aromatic N) is 2. The Bertz CT molecular complexity index is 1530. The zero-order valence-electron chi connectivity index (χ0n) is 20.8. The summed E-state index contributed by atoms with van der Waals surface area (Å²) in [6.07, 6.45) is 1.18. The number of nitrogens with one attached hydrogen (secondary N) is 2. The number of carbonyl (C=O) groups is 3. The van der Waals surface area contributed by atoms with Crippen LogP contribution in [0.5, 0.6) is 0 Å². The van der Waals surface area contributed by atoms with Gasteiger partial charge in [0, 0.05) is 29.1 Å². The highest BCUT2D eigenvalue weighted by Crippen LogP contribution is 2.45. The summed E-state index contributed by atoms with van der Waals surface area (Å²) in [5.41, 5.74) is 4.51. The van der Waals surface area contributed by atoms with Crippen molar-refractivity contribution in [1.29, 1.82) is 0 Å². The van der Waals surface area contributed by atoms with Gasteiger partial charge in [0.15, 0.2) is 0 Å². The van der Waals surface area contributed by atoms with E-state index >= 15 is 0 Å². The second kappa shape index (κ2) is 8.92. The average Bonchev–Trinajstić information content (AvgIpc) is 3.42. The lowest BCUT2D eigenvalue weighted by atomic mass is 9.89. The van der Waals surface area contributed by atoms with Crippen LogP contribution in [0.2, 0.25) is 0 Å². The number of hydrogen-bond donors (Lipinski definition) is 2. The molecule has 3 unspecified atom stereocenters. The van der Waals surface area contributed by atoms with Gasteiger partial charge in [-0.15, -0.1) is 0 Å². The molecule has 2 N–H and O–H groups in total. The van der Waals surface area contributed by atoms with E-state index in [1.807, 2.05) is 62.4 Å². The van der Waals surface area contributed by atoms with Crippen molar-refractivity contribution in [3.63, 3.8) is 0 Å². The van der Waals surface area contributed by atoms with Gasteiger partial charge >= 0.3 is 6.03 Å². The van der Waals surface area contributed by atoms with Crippen molar-refractivity contribution in [2.24, 2.45) is 0 Å². The van der Waals surface area contributed by atoms with Gasteiger partial charge in [-0.25, -0.2) is 9.69 Å². The minimum absolute atomic E-state index is 0.0300. The van der Waals surface area contributed by atoms with Gasteiger partial charge in [-0.05, 0) is 42.7 Å². The highest BCUT2D eigenvalue weighted by Gasteiger charge is 2.53. The summed E-state index contributed by atoms with van der Waals surface area (Å²) in [5, 5.41) is 4.02. The smallest absolute Gasteiger partial charge is 0.332 e. The first-order valence-electron chi connectivity index (χ1n) is 12.7. The van der Waals surface area contributed by atoms with Crippen LogP contribution in [0.15, 0.2) is 78.9 Å². The summed E-state index contributed by atoms with van der Waals surface area (Å²) in [6.45, 7) is 3.92. The van der Waals surface area contributed by atoms with Crippen LogP contribution in [0, 0.1) is 0 Å². The molecule has 4 aromatic rings. The van der Waals surface area contributed by atoms with E-state index < -0.39 is 18.1 Å². The Balaban J connectivity index is 1.47. The Hall–Kier alpha value is -4.39. The number of aromatic nitrogens is 1. The monoisotopic (exact) mass is 492 g/mol. The molecule has 0 bridgehead atoms. The van der Waals surface area contributed by atoms with Crippen LogP contribution in [-0.4, -0.2) is 39.8 Å². The number of para-hydroxylation sites is 2. The van der Waals surface area contributed by atoms with Gasteiger partial charge in [-0.2, -0.15) is 0 Å². The maximum Gasteiger partial charge on any atom is 0.332 e. The number of urea groups is 1. The van der Waals surface area contributed by atoms with Gasteiger partial charge < -0.3 is 10.3 Å². The van der Waals surface area contributed by atoms with E-state index in [0.29, 0.717) is 17.7 Å². The summed E-state index contributed by atoms with van der Waals surface area (Å²) in [7, 11) is 0. The second-order valence-electron chi connectivity index (χ2n) is 9.76. The topological polar surface area (TPSA) is 85.5 Å². The maximum atomic E-state index is 14.1. The first-order valence-corrected chi connectivity index (χ1v) is 12.7. The summed E-state index contributed by atoms with van der Waals surface area (Å²) >= 11 is 0. The Kier molecular flexibility index (Phi) is 5.56. The van der Waals surface area contributed by atoms with Gasteiger partial charge in [0.05, 0.1) is 11.3 Å². The molecule has 0 aliphatic carbocycles. The van der Waals surface area contributed by atoms with Crippen LogP contribution in [0.1, 0.15) is 53.5 Å². The van der Waals surface area contributed by atoms with E-state index in [-0.39, 0.29) is 17.9 Å². The average molecular weight is 493 g/mol. The molecule has 2 aliphatic heterocycles. The van der Waals surface area contributed by atoms with Crippen molar-refractivity contribution in [3.05, 3.63) is 101 Å². The maximum absolute atomic E-state index is 14.1. The van der Waals surface area contributed by atoms with Gasteiger partial charge in [-0.3, -0.25) is 14.5 Å². The van der Waals surface area contributed by atoms with E-state index in [9.17, 15) is 14.4 Å². The molecule has 186 valence electrons. The molecule has 7 nitrogen and oxygen atoms in total. The highest BCUT2D eigenvalue weighted by atomic mass is 16.2. The number of rotatable bonds is 5. The summed E-state index contributed by atoms with van der Waals surface area (Å²) < 4.78 is 0. The predicted molar refractivity (Wildman–Crippen MR) is 142 cm³/mol. The Morgan fingerprint density at radius 3 is 2.49 bits per heavy atom. The fourth-order valence-electron chi connectivity index (χ4n) is 5.54. The highest BCUT2D eigenvalue weighted by molar-refractivity contribution is 6.24. The molecule has 1 aromatic heterocycles. The first kappa shape index (κ1) is 23.0. The van der Waals surface area contributed by atoms with Crippen molar-refractivity contribution in [2.75, 3.05) is 4.90 Å². The first-order chi connectivity index (χ1) is 18.0. The molecule has 4 amide bonds. The fraction of sp³-hybridized carbons (Fsp3) is 0.233. The number of H-pyrrole nitrogens is 1. The summed E-state index contributed by atoms with van der Waals surface area (Å²) in [5.74, 6) is -0.614. The van der Waals surface area contributed by atoms with E-state index in [1.165, 1.54) is 4.90 Å². The van der Waals surface area contributed by atoms with Gasteiger partial charge in [0.1, 0.15) is 12.1 Å². The zero-order chi connectivity index (χ0) is 25.7. The Morgan fingerprint density at radius 1 is 1.00 bits per heavy atom. The summed E-state index contributed by atoms with van der Waals surface area (Å²) in [6, 6.07) is 23.1.